The molecule has 0 aliphatic carbocycles. The van der Waals surface area contributed by atoms with Crippen LogP contribution in [0.5, 0.6) is 0 Å². The van der Waals surface area contributed by atoms with Gasteiger partial charge in [0.15, 0.2) is 0 Å². The van der Waals surface area contributed by atoms with Crippen molar-refractivity contribution in [3.63, 3.8) is 0 Å². The lowest BCUT2D eigenvalue weighted by atomic mass is 9.92. The highest BCUT2D eigenvalue weighted by molar-refractivity contribution is 5.76. The fourth-order valence-corrected chi connectivity index (χ4v) is 3.26. The first-order chi connectivity index (χ1) is 11.3. The van der Waals surface area contributed by atoms with E-state index in [9.17, 15) is 4.79 Å². The minimum Gasteiger partial charge on any atom is -0.378 e. The van der Waals surface area contributed by atoms with E-state index in [0.29, 0.717) is 13.0 Å². The van der Waals surface area contributed by atoms with Crippen molar-refractivity contribution in [3.05, 3.63) is 29.8 Å². The molecule has 4 heteroatoms. The number of carbonyl (C=O) groups excluding carboxylic acids is 1. The highest BCUT2D eigenvalue weighted by Gasteiger charge is 2.24. The van der Waals surface area contributed by atoms with E-state index in [2.05, 4.69) is 74.2 Å². The molecule has 0 unspecified atom stereocenters. The van der Waals surface area contributed by atoms with Crippen molar-refractivity contribution in [2.24, 2.45) is 5.41 Å². The molecular formula is C20H33N3O. The van der Waals surface area contributed by atoms with Gasteiger partial charge in [-0.15, -0.1) is 0 Å². The van der Waals surface area contributed by atoms with E-state index in [-0.39, 0.29) is 17.4 Å². The van der Waals surface area contributed by atoms with E-state index in [0.717, 1.165) is 13.1 Å². The number of carbonyl (C=O) groups is 1. The van der Waals surface area contributed by atoms with E-state index in [4.69, 9.17) is 0 Å². The summed E-state index contributed by atoms with van der Waals surface area (Å²) >= 11 is 0. The van der Waals surface area contributed by atoms with E-state index < -0.39 is 0 Å². The van der Waals surface area contributed by atoms with Crippen LogP contribution in [-0.2, 0) is 4.79 Å². The maximum Gasteiger partial charge on any atom is 0.220 e. The summed E-state index contributed by atoms with van der Waals surface area (Å²) in [4.78, 5) is 16.8. The smallest absolute Gasteiger partial charge is 0.220 e. The molecule has 1 N–H and O–H groups in total. The van der Waals surface area contributed by atoms with Crippen LogP contribution < -0.4 is 10.2 Å². The molecule has 0 saturated carbocycles. The topological polar surface area (TPSA) is 35.6 Å². The molecule has 1 aliphatic rings. The highest BCUT2D eigenvalue weighted by Crippen LogP contribution is 2.26. The summed E-state index contributed by atoms with van der Waals surface area (Å²) in [6.07, 6.45) is 3.07. The average Bonchev–Trinajstić information content (AvgIpc) is 3.00. The third-order valence-corrected chi connectivity index (χ3v) is 4.56. The number of anilines is 1. The Labute approximate surface area is 147 Å². The van der Waals surface area contributed by atoms with Crippen molar-refractivity contribution in [1.82, 2.24) is 10.2 Å². The van der Waals surface area contributed by atoms with Gasteiger partial charge in [0.1, 0.15) is 0 Å². The number of likely N-dealkylation sites (tertiary alicyclic amines) is 1. The molecule has 1 aromatic rings. The van der Waals surface area contributed by atoms with Gasteiger partial charge >= 0.3 is 0 Å². The van der Waals surface area contributed by atoms with Gasteiger partial charge in [-0.3, -0.25) is 9.69 Å². The van der Waals surface area contributed by atoms with Gasteiger partial charge in [-0.25, -0.2) is 0 Å². The third kappa shape index (κ3) is 5.52. The summed E-state index contributed by atoms with van der Waals surface area (Å²) in [6.45, 7) is 9.24. The Morgan fingerprint density at radius 3 is 2.25 bits per heavy atom. The van der Waals surface area contributed by atoms with Gasteiger partial charge in [0.05, 0.1) is 6.04 Å². The molecule has 4 nitrogen and oxygen atoms in total. The number of nitrogens with one attached hydrogen (secondary N) is 1. The van der Waals surface area contributed by atoms with Gasteiger partial charge < -0.3 is 10.2 Å². The van der Waals surface area contributed by atoms with Crippen LogP contribution in [0.25, 0.3) is 0 Å². The van der Waals surface area contributed by atoms with Crippen LogP contribution in [-0.4, -0.2) is 44.5 Å². The monoisotopic (exact) mass is 331 g/mol. The Morgan fingerprint density at radius 2 is 1.75 bits per heavy atom. The highest BCUT2D eigenvalue weighted by atomic mass is 16.1. The Morgan fingerprint density at radius 1 is 1.17 bits per heavy atom. The van der Waals surface area contributed by atoms with Crippen molar-refractivity contribution in [2.75, 3.05) is 38.6 Å². The largest absolute Gasteiger partial charge is 0.378 e. The summed E-state index contributed by atoms with van der Waals surface area (Å²) in [5, 5.41) is 3.16. The molecule has 1 amide bonds. The van der Waals surface area contributed by atoms with Gasteiger partial charge in [0.25, 0.3) is 0 Å². The van der Waals surface area contributed by atoms with Crippen molar-refractivity contribution >= 4 is 11.6 Å². The molecule has 1 aliphatic heterocycles. The molecule has 2 rings (SSSR count). The number of nitrogens with zero attached hydrogens (tertiary/aromatic N) is 2. The van der Waals surface area contributed by atoms with Gasteiger partial charge in [-0.05, 0) is 49.0 Å². The van der Waals surface area contributed by atoms with E-state index in [1.807, 2.05) is 0 Å². The van der Waals surface area contributed by atoms with Gasteiger partial charge in [-0.1, -0.05) is 32.9 Å². The normalized spacial score (nSPS) is 16.9. The second-order valence-electron chi connectivity index (χ2n) is 8.29. The second-order valence-corrected chi connectivity index (χ2v) is 8.29. The molecule has 0 bridgehead atoms. The minimum absolute atomic E-state index is 0.0284. The molecule has 24 heavy (non-hydrogen) atoms. The molecular weight excluding hydrogens is 298 g/mol. The van der Waals surface area contributed by atoms with Crippen LogP contribution in [0.3, 0.4) is 0 Å². The maximum absolute atomic E-state index is 12.2. The Bertz CT molecular complexity index is 525. The zero-order valence-corrected chi connectivity index (χ0v) is 15.9. The van der Waals surface area contributed by atoms with Gasteiger partial charge in [0, 0.05) is 32.7 Å². The number of benzene rings is 1. The number of hydrogen-bond acceptors (Lipinski definition) is 3. The van der Waals surface area contributed by atoms with Crippen LogP contribution in [0.4, 0.5) is 5.69 Å². The minimum atomic E-state index is 0.0284. The fourth-order valence-electron chi connectivity index (χ4n) is 3.26. The van der Waals surface area contributed by atoms with Crippen LogP contribution in [0, 0.1) is 5.41 Å². The second kappa shape index (κ2) is 8.02. The Kier molecular flexibility index (Phi) is 6.27. The average molecular weight is 332 g/mol. The van der Waals surface area contributed by atoms with E-state index in [1.54, 1.807) is 0 Å². The lowest BCUT2D eigenvalue weighted by Crippen LogP contribution is -2.37. The van der Waals surface area contributed by atoms with Crippen LogP contribution in [0.1, 0.15) is 51.6 Å². The summed E-state index contributed by atoms with van der Waals surface area (Å²) in [5.74, 6) is 0.150. The van der Waals surface area contributed by atoms with Crippen LogP contribution in [0.15, 0.2) is 24.3 Å². The SMILES string of the molecule is CN(C)c1ccc([C@H](CNC(=O)CC(C)(C)C)N2CCCC2)cc1. The lowest BCUT2D eigenvalue weighted by molar-refractivity contribution is -0.123. The Hall–Kier alpha value is -1.55. The molecule has 1 heterocycles. The maximum atomic E-state index is 12.2. The molecule has 1 fully saturated rings. The zero-order valence-electron chi connectivity index (χ0n) is 15.9. The first kappa shape index (κ1) is 18.8. The summed E-state index contributed by atoms with van der Waals surface area (Å²) < 4.78 is 0. The summed E-state index contributed by atoms with van der Waals surface area (Å²) in [6, 6.07) is 9.00. The molecule has 0 radical (unpaired) electrons. The number of amides is 1. The van der Waals surface area contributed by atoms with Gasteiger partial charge in [0.2, 0.25) is 5.91 Å². The number of hydrogen-bond donors (Lipinski definition) is 1. The molecule has 1 aromatic carbocycles. The van der Waals surface area contributed by atoms with Crippen molar-refractivity contribution in [3.8, 4) is 0 Å². The van der Waals surface area contributed by atoms with Crippen molar-refractivity contribution in [2.45, 2.75) is 46.1 Å². The zero-order chi connectivity index (χ0) is 17.7. The van der Waals surface area contributed by atoms with Gasteiger partial charge in [-0.2, -0.15) is 0 Å². The molecule has 1 atom stereocenters. The predicted octanol–water partition coefficient (Wildman–Crippen LogP) is 3.44. The molecule has 0 aromatic heterocycles. The van der Waals surface area contributed by atoms with Crippen LogP contribution in [0.2, 0.25) is 0 Å². The quantitative estimate of drug-likeness (QED) is 0.867. The van der Waals surface area contributed by atoms with Crippen molar-refractivity contribution < 1.29 is 4.79 Å². The van der Waals surface area contributed by atoms with E-state index in [1.165, 1.54) is 24.1 Å². The fraction of sp³-hybridized carbons (Fsp3) is 0.650. The lowest BCUT2D eigenvalue weighted by Gasteiger charge is -2.29. The summed E-state index contributed by atoms with van der Waals surface area (Å²) in [5.41, 5.74) is 2.52. The Balaban J connectivity index is 2.06. The van der Waals surface area contributed by atoms with E-state index >= 15 is 0 Å². The summed E-state index contributed by atoms with van der Waals surface area (Å²) in [7, 11) is 4.11. The molecule has 0 spiro atoms. The first-order valence-electron chi connectivity index (χ1n) is 9.04. The van der Waals surface area contributed by atoms with Crippen molar-refractivity contribution in [1.29, 1.82) is 0 Å². The molecule has 134 valence electrons. The molecule has 1 saturated heterocycles. The third-order valence-electron chi connectivity index (χ3n) is 4.56. The number of rotatable bonds is 6. The van der Waals surface area contributed by atoms with Crippen LogP contribution >= 0.6 is 0 Å². The first-order valence-corrected chi connectivity index (χ1v) is 9.04. The standard InChI is InChI=1S/C20H33N3O/c1-20(2,3)14-19(24)21-15-18(23-12-6-7-13-23)16-8-10-17(11-9-16)22(4)5/h8-11,18H,6-7,12-15H2,1-5H3,(H,21,24)/t18-/m0/s1. The predicted molar refractivity (Wildman–Crippen MR) is 101 cm³/mol.